The Hall–Kier alpha value is -1.57. The first-order chi connectivity index (χ1) is 8.89. The second kappa shape index (κ2) is 6.55. The summed E-state index contributed by atoms with van der Waals surface area (Å²) < 4.78 is 46.4. The Kier molecular flexibility index (Phi) is 5.34. The lowest BCUT2D eigenvalue weighted by molar-refractivity contribution is -0.173. The summed E-state index contributed by atoms with van der Waals surface area (Å²) in [5.41, 5.74) is 0.251. The monoisotopic (exact) mass is 280 g/mol. The first-order valence-corrected chi connectivity index (χ1v) is 5.66. The number of carbonyl (C=O) groups is 1. The largest absolute Gasteiger partial charge is 0.493 e. The smallest absolute Gasteiger partial charge is 0.411 e. The fourth-order valence-corrected chi connectivity index (χ4v) is 1.51. The number of Topliss-reactive ketones (excluding diaryl/α,β-unsaturated/α-hetero) is 1. The van der Waals surface area contributed by atoms with Gasteiger partial charge in [0.15, 0.2) is 11.5 Å². The Balaban J connectivity index is 2.56. The normalized spacial score (nSPS) is 11.6. The van der Waals surface area contributed by atoms with Crippen LogP contribution in [0.3, 0.4) is 0 Å². The topological polar surface area (TPSA) is 53.4 Å². The van der Waals surface area contributed by atoms with Gasteiger partial charge in [-0.3, -0.25) is 9.48 Å². The molecule has 0 saturated heterocycles. The van der Waals surface area contributed by atoms with Crippen LogP contribution in [0.5, 0.6) is 5.75 Å². The summed E-state index contributed by atoms with van der Waals surface area (Å²) in [5.74, 6) is -0.0546. The Morgan fingerprint density at radius 3 is 2.68 bits per heavy atom. The summed E-state index contributed by atoms with van der Waals surface area (Å²) in [6, 6.07) is 0. The molecule has 1 aromatic rings. The molecule has 19 heavy (non-hydrogen) atoms. The van der Waals surface area contributed by atoms with Crippen molar-refractivity contribution in [1.82, 2.24) is 9.78 Å². The number of aryl methyl sites for hydroxylation is 1. The van der Waals surface area contributed by atoms with Gasteiger partial charge in [-0.25, -0.2) is 0 Å². The van der Waals surface area contributed by atoms with Gasteiger partial charge in [0.2, 0.25) is 0 Å². The van der Waals surface area contributed by atoms with Gasteiger partial charge >= 0.3 is 6.18 Å². The van der Waals surface area contributed by atoms with Crippen LogP contribution in [0.15, 0.2) is 6.20 Å². The minimum Gasteiger partial charge on any atom is -0.493 e. The Morgan fingerprint density at radius 1 is 1.47 bits per heavy atom. The van der Waals surface area contributed by atoms with Crippen molar-refractivity contribution >= 4 is 5.78 Å². The van der Waals surface area contributed by atoms with Crippen molar-refractivity contribution in [2.45, 2.75) is 26.1 Å². The average Bonchev–Trinajstić information content (AvgIpc) is 2.76. The molecule has 0 amide bonds. The lowest BCUT2D eigenvalue weighted by atomic mass is 10.2. The number of hydrogen-bond donors (Lipinski definition) is 0. The summed E-state index contributed by atoms with van der Waals surface area (Å²) in [4.78, 5) is 11.9. The zero-order chi connectivity index (χ0) is 14.5. The van der Waals surface area contributed by atoms with E-state index in [1.54, 1.807) is 6.92 Å². The van der Waals surface area contributed by atoms with Gasteiger partial charge in [-0.2, -0.15) is 18.3 Å². The molecule has 0 aliphatic rings. The first-order valence-electron chi connectivity index (χ1n) is 5.66. The zero-order valence-corrected chi connectivity index (χ0v) is 10.7. The highest BCUT2D eigenvalue weighted by Gasteiger charge is 2.27. The molecule has 0 radical (unpaired) electrons. The van der Waals surface area contributed by atoms with Crippen LogP contribution < -0.4 is 4.74 Å². The number of rotatable bonds is 7. The standard InChI is InChI=1S/C11H15F3N2O3/c1-3-16-10(9(18-2)6-15-16)8(17)4-5-19-7-11(12,13)14/h6H,3-5,7H2,1-2H3. The number of nitrogens with zero attached hydrogens (tertiary/aromatic N) is 2. The third-order valence-corrected chi connectivity index (χ3v) is 2.33. The maximum absolute atomic E-state index is 11.9. The molecule has 0 N–H and O–H groups in total. The summed E-state index contributed by atoms with van der Waals surface area (Å²) in [5, 5.41) is 3.94. The fourth-order valence-electron chi connectivity index (χ4n) is 1.51. The molecule has 0 unspecified atom stereocenters. The van der Waals surface area contributed by atoms with Crippen molar-refractivity contribution in [2.75, 3.05) is 20.3 Å². The molecule has 108 valence electrons. The molecule has 1 rings (SSSR count). The number of aromatic nitrogens is 2. The van der Waals surface area contributed by atoms with Crippen LogP contribution in [0.4, 0.5) is 13.2 Å². The molecule has 0 aliphatic heterocycles. The van der Waals surface area contributed by atoms with Gasteiger partial charge in [-0.1, -0.05) is 0 Å². The van der Waals surface area contributed by atoms with Gasteiger partial charge in [0.05, 0.1) is 19.9 Å². The molecule has 1 heterocycles. The molecule has 0 spiro atoms. The van der Waals surface area contributed by atoms with Crippen LogP contribution >= 0.6 is 0 Å². The quantitative estimate of drug-likeness (QED) is 0.566. The number of halogens is 3. The lowest BCUT2D eigenvalue weighted by Gasteiger charge is -2.08. The van der Waals surface area contributed by atoms with Crippen molar-refractivity contribution in [1.29, 1.82) is 0 Å². The molecule has 1 aromatic heterocycles. The van der Waals surface area contributed by atoms with Crippen molar-refractivity contribution < 1.29 is 27.4 Å². The summed E-state index contributed by atoms with van der Waals surface area (Å²) in [6.45, 7) is 0.609. The van der Waals surface area contributed by atoms with Crippen molar-refractivity contribution in [3.8, 4) is 5.75 Å². The first kappa shape index (κ1) is 15.5. The maximum atomic E-state index is 11.9. The Morgan fingerprint density at radius 2 is 2.16 bits per heavy atom. The van der Waals surface area contributed by atoms with Gasteiger partial charge < -0.3 is 9.47 Å². The molecule has 0 aliphatic carbocycles. The molecule has 0 aromatic carbocycles. The van der Waals surface area contributed by atoms with E-state index in [2.05, 4.69) is 9.84 Å². The number of ether oxygens (including phenoxy) is 2. The third kappa shape index (κ3) is 4.55. The summed E-state index contributed by atoms with van der Waals surface area (Å²) in [7, 11) is 1.40. The average molecular weight is 280 g/mol. The molecule has 0 atom stereocenters. The van der Waals surface area contributed by atoms with Crippen LogP contribution in [-0.4, -0.2) is 42.1 Å². The van der Waals surface area contributed by atoms with Crippen LogP contribution in [0.25, 0.3) is 0 Å². The summed E-state index contributed by atoms with van der Waals surface area (Å²) in [6.07, 6.45) is -3.14. The number of ketones is 1. The van der Waals surface area contributed by atoms with Gasteiger partial charge in [-0.05, 0) is 6.92 Å². The van der Waals surface area contributed by atoms with Crippen molar-refractivity contribution in [3.05, 3.63) is 11.9 Å². The molecular weight excluding hydrogens is 265 g/mol. The molecule has 0 bridgehead atoms. The summed E-state index contributed by atoms with van der Waals surface area (Å²) >= 11 is 0. The lowest BCUT2D eigenvalue weighted by Crippen LogP contribution is -2.19. The van der Waals surface area contributed by atoms with Gasteiger partial charge in [0.25, 0.3) is 0 Å². The van der Waals surface area contributed by atoms with E-state index in [-0.39, 0.29) is 24.5 Å². The minimum absolute atomic E-state index is 0.155. The highest BCUT2D eigenvalue weighted by atomic mass is 19.4. The van der Waals surface area contributed by atoms with Crippen molar-refractivity contribution in [2.24, 2.45) is 0 Å². The SMILES string of the molecule is CCn1ncc(OC)c1C(=O)CCOCC(F)(F)F. The molecular formula is C11H15F3N2O3. The second-order valence-electron chi connectivity index (χ2n) is 3.72. The number of hydrogen-bond acceptors (Lipinski definition) is 4. The molecule has 5 nitrogen and oxygen atoms in total. The van der Waals surface area contributed by atoms with Gasteiger partial charge in [-0.15, -0.1) is 0 Å². The number of alkyl halides is 3. The van der Waals surface area contributed by atoms with Gasteiger partial charge in [0, 0.05) is 13.0 Å². The predicted octanol–water partition coefficient (Wildman–Crippen LogP) is 2.06. The van der Waals surface area contributed by atoms with E-state index in [1.165, 1.54) is 18.0 Å². The molecule has 0 fully saturated rings. The van der Waals surface area contributed by atoms with Crippen molar-refractivity contribution in [3.63, 3.8) is 0 Å². The Bertz CT molecular complexity index is 408. The maximum Gasteiger partial charge on any atom is 0.411 e. The molecule has 0 saturated carbocycles. The van der Waals surface area contributed by atoms with E-state index >= 15 is 0 Å². The van der Waals surface area contributed by atoms with E-state index in [4.69, 9.17) is 4.74 Å². The second-order valence-corrected chi connectivity index (χ2v) is 3.72. The Labute approximate surface area is 108 Å². The zero-order valence-electron chi connectivity index (χ0n) is 10.7. The van der Waals surface area contributed by atoms with Crippen LogP contribution in [0, 0.1) is 0 Å². The van der Waals surface area contributed by atoms with E-state index in [1.807, 2.05) is 0 Å². The highest BCUT2D eigenvalue weighted by molar-refractivity contribution is 5.97. The van der Waals surface area contributed by atoms with Crippen LogP contribution in [0.2, 0.25) is 0 Å². The van der Waals surface area contributed by atoms with E-state index < -0.39 is 12.8 Å². The van der Waals surface area contributed by atoms with E-state index in [0.717, 1.165) is 0 Å². The predicted molar refractivity (Wildman–Crippen MR) is 60.3 cm³/mol. The number of methoxy groups -OCH3 is 1. The third-order valence-electron chi connectivity index (χ3n) is 2.33. The van der Waals surface area contributed by atoms with Gasteiger partial charge in [0.1, 0.15) is 12.3 Å². The fraction of sp³-hybridized carbons (Fsp3) is 0.636. The van der Waals surface area contributed by atoms with Crippen LogP contribution in [0.1, 0.15) is 23.8 Å². The van der Waals surface area contributed by atoms with E-state index in [0.29, 0.717) is 12.3 Å². The number of carbonyl (C=O) groups excluding carboxylic acids is 1. The van der Waals surface area contributed by atoms with E-state index in [9.17, 15) is 18.0 Å². The highest BCUT2D eigenvalue weighted by Crippen LogP contribution is 2.19. The van der Waals surface area contributed by atoms with Crippen LogP contribution in [-0.2, 0) is 11.3 Å². The molecule has 8 heteroatoms. The minimum atomic E-state index is -4.38.